The van der Waals surface area contributed by atoms with E-state index in [1.54, 1.807) is 12.1 Å². The fourth-order valence-electron chi connectivity index (χ4n) is 3.81. The molecule has 0 spiro atoms. The summed E-state index contributed by atoms with van der Waals surface area (Å²) in [4.78, 5) is 2.38. The van der Waals surface area contributed by atoms with E-state index in [9.17, 15) is 8.78 Å². The van der Waals surface area contributed by atoms with E-state index in [0.717, 1.165) is 12.5 Å². The van der Waals surface area contributed by atoms with Crippen LogP contribution in [0.3, 0.4) is 0 Å². The lowest BCUT2D eigenvalue weighted by Crippen LogP contribution is -2.46. The molecule has 3 rings (SSSR count). The SMILES string of the molecule is Fc1cccc(CN2CCCC3CCCCC32)c1F. The molecule has 1 aliphatic carbocycles. The molecule has 3 heteroatoms. The van der Waals surface area contributed by atoms with E-state index in [0.29, 0.717) is 18.2 Å². The quantitative estimate of drug-likeness (QED) is 0.777. The van der Waals surface area contributed by atoms with Gasteiger partial charge in [-0.1, -0.05) is 25.0 Å². The molecule has 1 aliphatic heterocycles. The van der Waals surface area contributed by atoms with E-state index in [-0.39, 0.29) is 0 Å². The molecule has 2 unspecified atom stereocenters. The topological polar surface area (TPSA) is 3.24 Å². The molecular weight excluding hydrogens is 244 g/mol. The van der Waals surface area contributed by atoms with Crippen molar-refractivity contribution in [3.63, 3.8) is 0 Å². The highest BCUT2D eigenvalue weighted by Gasteiger charge is 2.33. The number of hydrogen-bond donors (Lipinski definition) is 0. The molecule has 0 amide bonds. The zero-order valence-electron chi connectivity index (χ0n) is 11.2. The minimum atomic E-state index is -0.727. The number of likely N-dealkylation sites (tertiary alicyclic amines) is 1. The van der Waals surface area contributed by atoms with Gasteiger partial charge >= 0.3 is 0 Å². The fraction of sp³-hybridized carbons (Fsp3) is 0.625. The Morgan fingerprint density at radius 1 is 1.05 bits per heavy atom. The summed E-state index contributed by atoms with van der Waals surface area (Å²) in [6, 6.07) is 5.10. The Bertz CT molecular complexity index is 444. The molecule has 1 aromatic rings. The van der Waals surface area contributed by atoms with Crippen LogP contribution in [-0.2, 0) is 6.54 Å². The second kappa shape index (κ2) is 5.58. The van der Waals surface area contributed by atoms with Crippen molar-refractivity contribution in [2.75, 3.05) is 6.54 Å². The third-order valence-corrected chi connectivity index (χ3v) is 4.76. The van der Waals surface area contributed by atoms with Gasteiger partial charge in [0.05, 0.1) is 0 Å². The van der Waals surface area contributed by atoms with Gasteiger partial charge in [0, 0.05) is 18.2 Å². The lowest BCUT2D eigenvalue weighted by Gasteiger charge is -2.44. The molecule has 1 saturated carbocycles. The summed E-state index contributed by atoms with van der Waals surface area (Å²) in [5.41, 5.74) is 0.506. The number of benzene rings is 1. The fourth-order valence-corrected chi connectivity index (χ4v) is 3.81. The lowest BCUT2D eigenvalue weighted by atomic mass is 9.78. The zero-order valence-corrected chi connectivity index (χ0v) is 11.2. The molecule has 0 radical (unpaired) electrons. The van der Waals surface area contributed by atoms with Crippen molar-refractivity contribution in [2.45, 2.75) is 51.1 Å². The second-order valence-electron chi connectivity index (χ2n) is 5.94. The minimum Gasteiger partial charge on any atom is -0.296 e. The highest BCUT2D eigenvalue weighted by atomic mass is 19.2. The molecule has 1 saturated heterocycles. The van der Waals surface area contributed by atoms with Crippen LogP contribution >= 0.6 is 0 Å². The summed E-state index contributed by atoms with van der Waals surface area (Å²) in [6.07, 6.45) is 7.66. The molecule has 1 nitrogen and oxygen atoms in total. The van der Waals surface area contributed by atoms with Crippen molar-refractivity contribution in [1.29, 1.82) is 0 Å². The van der Waals surface area contributed by atoms with Crippen molar-refractivity contribution in [3.8, 4) is 0 Å². The van der Waals surface area contributed by atoms with E-state index < -0.39 is 11.6 Å². The standard InChI is InChI=1S/C16H21F2N/c17-14-8-3-6-13(16(14)18)11-19-10-4-7-12-5-1-2-9-15(12)19/h3,6,8,12,15H,1-2,4-5,7,9-11H2. The van der Waals surface area contributed by atoms with Crippen LogP contribution in [0, 0.1) is 17.6 Å². The Labute approximate surface area is 113 Å². The summed E-state index contributed by atoms with van der Waals surface area (Å²) in [6.45, 7) is 1.59. The maximum atomic E-state index is 13.8. The van der Waals surface area contributed by atoms with Crippen LogP contribution in [0.25, 0.3) is 0 Å². The van der Waals surface area contributed by atoms with Gasteiger partial charge in [-0.3, -0.25) is 4.90 Å². The number of rotatable bonds is 2. The first-order valence-electron chi connectivity index (χ1n) is 7.42. The number of nitrogens with zero attached hydrogens (tertiary/aromatic N) is 1. The van der Waals surface area contributed by atoms with E-state index in [2.05, 4.69) is 4.90 Å². The van der Waals surface area contributed by atoms with Gasteiger partial charge in [-0.05, 0) is 44.2 Å². The van der Waals surface area contributed by atoms with Crippen LogP contribution in [0.2, 0.25) is 0 Å². The Balaban J connectivity index is 1.76. The van der Waals surface area contributed by atoms with Crippen LogP contribution in [0.15, 0.2) is 18.2 Å². The largest absolute Gasteiger partial charge is 0.296 e. The number of piperidine rings is 1. The third kappa shape index (κ3) is 2.66. The van der Waals surface area contributed by atoms with Gasteiger partial charge in [-0.15, -0.1) is 0 Å². The summed E-state index contributed by atoms with van der Waals surface area (Å²) in [5.74, 6) is -0.616. The van der Waals surface area contributed by atoms with Gasteiger partial charge in [-0.25, -0.2) is 8.78 Å². The maximum Gasteiger partial charge on any atom is 0.163 e. The van der Waals surface area contributed by atoms with Crippen LogP contribution in [-0.4, -0.2) is 17.5 Å². The van der Waals surface area contributed by atoms with Crippen LogP contribution < -0.4 is 0 Å². The highest BCUT2D eigenvalue weighted by Crippen LogP contribution is 2.36. The molecule has 1 aromatic carbocycles. The lowest BCUT2D eigenvalue weighted by molar-refractivity contribution is 0.0537. The van der Waals surface area contributed by atoms with Crippen LogP contribution in [0.1, 0.15) is 44.1 Å². The Kier molecular flexibility index (Phi) is 3.83. The molecule has 2 fully saturated rings. The highest BCUT2D eigenvalue weighted by molar-refractivity contribution is 5.19. The van der Waals surface area contributed by atoms with Crippen LogP contribution in [0.4, 0.5) is 8.78 Å². The molecule has 104 valence electrons. The molecule has 0 bridgehead atoms. The van der Waals surface area contributed by atoms with E-state index in [1.165, 1.54) is 44.6 Å². The van der Waals surface area contributed by atoms with Gasteiger partial charge < -0.3 is 0 Å². The molecule has 0 aromatic heterocycles. The summed E-state index contributed by atoms with van der Waals surface area (Å²) < 4.78 is 27.1. The summed E-state index contributed by atoms with van der Waals surface area (Å²) >= 11 is 0. The van der Waals surface area contributed by atoms with E-state index in [4.69, 9.17) is 0 Å². The monoisotopic (exact) mass is 265 g/mol. The first-order chi connectivity index (χ1) is 9.25. The molecule has 2 aliphatic rings. The molecule has 2 atom stereocenters. The number of fused-ring (bicyclic) bond motifs is 1. The smallest absolute Gasteiger partial charge is 0.163 e. The average Bonchev–Trinajstić information content (AvgIpc) is 2.44. The second-order valence-corrected chi connectivity index (χ2v) is 5.94. The zero-order chi connectivity index (χ0) is 13.2. The van der Waals surface area contributed by atoms with Crippen molar-refractivity contribution in [2.24, 2.45) is 5.92 Å². The van der Waals surface area contributed by atoms with E-state index >= 15 is 0 Å². The number of halogens is 2. The molecule has 1 heterocycles. The first-order valence-corrected chi connectivity index (χ1v) is 7.42. The Hall–Kier alpha value is -0.960. The predicted octanol–water partition coefficient (Wildman–Crippen LogP) is 4.12. The van der Waals surface area contributed by atoms with Crippen LogP contribution in [0.5, 0.6) is 0 Å². The Morgan fingerprint density at radius 3 is 2.74 bits per heavy atom. The van der Waals surface area contributed by atoms with Gasteiger partial charge in [-0.2, -0.15) is 0 Å². The minimum absolute atomic E-state index is 0.506. The van der Waals surface area contributed by atoms with Crippen molar-refractivity contribution >= 4 is 0 Å². The first kappa shape index (κ1) is 13.0. The van der Waals surface area contributed by atoms with Gasteiger partial charge in [0.1, 0.15) is 0 Å². The van der Waals surface area contributed by atoms with E-state index in [1.807, 2.05) is 0 Å². The average molecular weight is 265 g/mol. The maximum absolute atomic E-state index is 13.8. The predicted molar refractivity (Wildman–Crippen MR) is 71.7 cm³/mol. The molecule has 19 heavy (non-hydrogen) atoms. The van der Waals surface area contributed by atoms with Gasteiger partial charge in [0.15, 0.2) is 11.6 Å². The number of hydrogen-bond acceptors (Lipinski definition) is 1. The molecule has 0 N–H and O–H groups in total. The molecular formula is C16H21F2N. The normalized spacial score (nSPS) is 28.1. The van der Waals surface area contributed by atoms with Crippen molar-refractivity contribution in [3.05, 3.63) is 35.4 Å². The van der Waals surface area contributed by atoms with Gasteiger partial charge in [0.25, 0.3) is 0 Å². The summed E-state index contributed by atoms with van der Waals surface area (Å²) in [5, 5.41) is 0. The summed E-state index contributed by atoms with van der Waals surface area (Å²) in [7, 11) is 0. The van der Waals surface area contributed by atoms with Crippen molar-refractivity contribution < 1.29 is 8.78 Å². The van der Waals surface area contributed by atoms with Gasteiger partial charge in [0.2, 0.25) is 0 Å². The van der Waals surface area contributed by atoms with Crippen molar-refractivity contribution in [1.82, 2.24) is 4.90 Å². The third-order valence-electron chi connectivity index (χ3n) is 4.76. The Morgan fingerprint density at radius 2 is 1.84 bits per heavy atom.